The lowest BCUT2D eigenvalue weighted by Gasteiger charge is -2.20. The maximum atomic E-state index is 12.1. The fraction of sp³-hybridized carbons (Fsp3) is 0.188. The number of hydrogen-bond donors (Lipinski definition) is 0. The molecule has 0 saturated heterocycles. The van der Waals surface area contributed by atoms with Crippen LogP contribution in [0.25, 0.3) is 0 Å². The summed E-state index contributed by atoms with van der Waals surface area (Å²) < 4.78 is 5.30. The van der Waals surface area contributed by atoms with Crippen LogP contribution in [0, 0.1) is 0 Å². The number of ketones is 1. The van der Waals surface area contributed by atoms with E-state index < -0.39 is 0 Å². The van der Waals surface area contributed by atoms with Gasteiger partial charge in [0.1, 0.15) is 5.75 Å². The van der Waals surface area contributed by atoms with E-state index in [-0.39, 0.29) is 5.78 Å². The number of ether oxygens (including phenoxy) is 1. The molecule has 98 valence electrons. The Morgan fingerprint density at radius 1 is 1.05 bits per heavy atom. The summed E-state index contributed by atoms with van der Waals surface area (Å²) in [5.41, 5.74) is 1.64. The van der Waals surface area contributed by atoms with Gasteiger partial charge in [0, 0.05) is 12.6 Å². The van der Waals surface area contributed by atoms with E-state index in [1.165, 1.54) is 0 Å². The Bertz CT molecular complexity index is 552. The molecule has 0 aliphatic rings. The molecule has 3 nitrogen and oxygen atoms in total. The monoisotopic (exact) mass is 255 g/mol. The van der Waals surface area contributed by atoms with Crippen LogP contribution < -0.4 is 9.64 Å². The van der Waals surface area contributed by atoms with Gasteiger partial charge in [-0.05, 0) is 12.1 Å². The molecule has 19 heavy (non-hydrogen) atoms. The molecule has 2 aromatic carbocycles. The standard InChI is InChI=1S/C16H17NO2/c1-17(14-10-6-7-11-16(14)19-2)12-15(18)13-8-4-3-5-9-13/h3-11H,12H2,1-2H3. The summed E-state index contributed by atoms with van der Waals surface area (Å²) in [6.45, 7) is 0.324. The molecule has 0 aliphatic heterocycles. The quantitative estimate of drug-likeness (QED) is 0.769. The molecular formula is C16H17NO2. The van der Waals surface area contributed by atoms with Crippen LogP contribution in [0.1, 0.15) is 10.4 Å². The zero-order chi connectivity index (χ0) is 13.7. The third kappa shape index (κ3) is 3.13. The average Bonchev–Trinajstić information content (AvgIpc) is 2.48. The highest BCUT2D eigenvalue weighted by Crippen LogP contribution is 2.26. The Labute approximate surface area is 113 Å². The molecule has 0 N–H and O–H groups in total. The Morgan fingerprint density at radius 2 is 1.68 bits per heavy atom. The number of methoxy groups -OCH3 is 1. The van der Waals surface area contributed by atoms with Gasteiger partial charge in [0.2, 0.25) is 0 Å². The lowest BCUT2D eigenvalue weighted by Crippen LogP contribution is -2.25. The summed E-state index contributed by atoms with van der Waals surface area (Å²) in [6.07, 6.45) is 0. The van der Waals surface area contributed by atoms with Crippen molar-refractivity contribution in [2.75, 3.05) is 25.6 Å². The molecule has 2 rings (SSSR count). The van der Waals surface area contributed by atoms with Gasteiger partial charge in [-0.15, -0.1) is 0 Å². The highest BCUT2D eigenvalue weighted by atomic mass is 16.5. The molecule has 0 radical (unpaired) electrons. The number of Topliss-reactive ketones (excluding diaryl/α,β-unsaturated/α-hetero) is 1. The third-order valence-corrected chi connectivity index (χ3v) is 2.97. The molecule has 0 unspecified atom stereocenters. The molecule has 0 saturated carbocycles. The largest absolute Gasteiger partial charge is 0.495 e. The second-order valence-corrected chi connectivity index (χ2v) is 4.32. The molecule has 2 aromatic rings. The van der Waals surface area contributed by atoms with Crippen LogP contribution in [0.4, 0.5) is 5.69 Å². The lowest BCUT2D eigenvalue weighted by atomic mass is 10.1. The van der Waals surface area contributed by atoms with Gasteiger partial charge in [-0.1, -0.05) is 42.5 Å². The highest BCUT2D eigenvalue weighted by molar-refractivity contribution is 5.99. The number of carbonyl (C=O) groups excluding carboxylic acids is 1. The first-order valence-corrected chi connectivity index (χ1v) is 6.15. The molecule has 0 aromatic heterocycles. The van der Waals surface area contributed by atoms with Crippen molar-refractivity contribution in [2.45, 2.75) is 0 Å². The molecular weight excluding hydrogens is 238 g/mol. The first kappa shape index (κ1) is 13.1. The lowest BCUT2D eigenvalue weighted by molar-refractivity contribution is 0.100. The van der Waals surface area contributed by atoms with Crippen molar-refractivity contribution < 1.29 is 9.53 Å². The molecule has 0 fully saturated rings. The van der Waals surface area contributed by atoms with Gasteiger partial charge in [-0.3, -0.25) is 4.79 Å². The fourth-order valence-electron chi connectivity index (χ4n) is 1.96. The maximum Gasteiger partial charge on any atom is 0.182 e. The van der Waals surface area contributed by atoms with Crippen molar-refractivity contribution in [3.8, 4) is 5.75 Å². The fourth-order valence-corrected chi connectivity index (χ4v) is 1.96. The zero-order valence-corrected chi connectivity index (χ0v) is 11.2. The number of rotatable bonds is 5. The molecule has 0 bridgehead atoms. The highest BCUT2D eigenvalue weighted by Gasteiger charge is 2.12. The summed E-state index contributed by atoms with van der Waals surface area (Å²) in [6, 6.07) is 17.0. The van der Waals surface area contributed by atoms with E-state index in [0.717, 1.165) is 17.0 Å². The summed E-state index contributed by atoms with van der Waals surface area (Å²) >= 11 is 0. The Hall–Kier alpha value is -2.29. The number of likely N-dealkylation sites (N-methyl/N-ethyl adjacent to an activating group) is 1. The van der Waals surface area contributed by atoms with Crippen LogP contribution >= 0.6 is 0 Å². The van der Waals surface area contributed by atoms with Crippen molar-refractivity contribution in [3.63, 3.8) is 0 Å². The van der Waals surface area contributed by atoms with Crippen LogP contribution in [0.5, 0.6) is 5.75 Å². The van der Waals surface area contributed by atoms with E-state index in [1.54, 1.807) is 7.11 Å². The topological polar surface area (TPSA) is 29.5 Å². The molecule has 0 atom stereocenters. The van der Waals surface area contributed by atoms with E-state index in [9.17, 15) is 4.79 Å². The van der Waals surface area contributed by atoms with Gasteiger partial charge >= 0.3 is 0 Å². The number of carbonyl (C=O) groups is 1. The van der Waals surface area contributed by atoms with Gasteiger partial charge in [-0.2, -0.15) is 0 Å². The number of benzene rings is 2. The molecule has 3 heteroatoms. The third-order valence-electron chi connectivity index (χ3n) is 2.97. The van der Waals surface area contributed by atoms with Gasteiger partial charge in [-0.25, -0.2) is 0 Å². The Morgan fingerprint density at radius 3 is 2.37 bits per heavy atom. The summed E-state index contributed by atoms with van der Waals surface area (Å²) in [5, 5.41) is 0. The van der Waals surface area contributed by atoms with E-state index in [1.807, 2.05) is 66.5 Å². The molecule has 0 aliphatic carbocycles. The van der Waals surface area contributed by atoms with Crippen molar-refractivity contribution in [2.24, 2.45) is 0 Å². The van der Waals surface area contributed by atoms with E-state index in [0.29, 0.717) is 6.54 Å². The second-order valence-electron chi connectivity index (χ2n) is 4.32. The van der Waals surface area contributed by atoms with Gasteiger partial charge in [0.05, 0.1) is 19.3 Å². The van der Waals surface area contributed by atoms with Crippen LogP contribution in [0.2, 0.25) is 0 Å². The number of nitrogens with zero attached hydrogens (tertiary/aromatic N) is 1. The van der Waals surface area contributed by atoms with Crippen LogP contribution in [-0.4, -0.2) is 26.5 Å². The summed E-state index contributed by atoms with van der Waals surface area (Å²) in [7, 11) is 3.52. The first-order valence-electron chi connectivity index (χ1n) is 6.15. The van der Waals surface area contributed by atoms with Crippen molar-refractivity contribution in [3.05, 3.63) is 60.2 Å². The van der Waals surface area contributed by atoms with Crippen LogP contribution in [0.15, 0.2) is 54.6 Å². The number of para-hydroxylation sites is 2. The van der Waals surface area contributed by atoms with Crippen LogP contribution in [-0.2, 0) is 0 Å². The predicted molar refractivity (Wildman–Crippen MR) is 77.0 cm³/mol. The van der Waals surface area contributed by atoms with Crippen molar-refractivity contribution in [1.82, 2.24) is 0 Å². The number of anilines is 1. The minimum absolute atomic E-state index is 0.0917. The van der Waals surface area contributed by atoms with Crippen LogP contribution in [0.3, 0.4) is 0 Å². The average molecular weight is 255 g/mol. The molecule has 0 amide bonds. The van der Waals surface area contributed by atoms with Gasteiger partial charge < -0.3 is 9.64 Å². The summed E-state index contributed by atoms with van der Waals surface area (Å²) in [5.74, 6) is 0.861. The normalized spacial score (nSPS) is 10.0. The minimum atomic E-state index is 0.0917. The second kappa shape index (κ2) is 6.05. The Balaban J connectivity index is 2.13. The van der Waals surface area contributed by atoms with E-state index in [2.05, 4.69) is 0 Å². The van der Waals surface area contributed by atoms with Crippen molar-refractivity contribution >= 4 is 11.5 Å². The minimum Gasteiger partial charge on any atom is -0.495 e. The summed E-state index contributed by atoms with van der Waals surface area (Å²) in [4.78, 5) is 14.0. The maximum absolute atomic E-state index is 12.1. The van der Waals surface area contributed by atoms with Crippen molar-refractivity contribution in [1.29, 1.82) is 0 Å². The smallest absolute Gasteiger partial charge is 0.182 e. The Kier molecular flexibility index (Phi) is 4.18. The van der Waals surface area contributed by atoms with Gasteiger partial charge in [0.25, 0.3) is 0 Å². The number of hydrogen-bond acceptors (Lipinski definition) is 3. The van der Waals surface area contributed by atoms with E-state index >= 15 is 0 Å². The predicted octanol–water partition coefficient (Wildman–Crippen LogP) is 3.01. The molecule has 0 heterocycles. The first-order chi connectivity index (χ1) is 9.22. The zero-order valence-electron chi connectivity index (χ0n) is 11.2. The molecule has 0 spiro atoms. The van der Waals surface area contributed by atoms with E-state index in [4.69, 9.17) is 4.74 Å². The van der Waals surface area contributed by atoms with Gasteiger partial charge in [0.15, 0.2) is 5.78 Å². The SMILES string of the molecule is COc1ccccc1N(C)CC(=O)c1ccccc1.